The van der Waals surface area contributed by atoms with Gasteiger partial charge in [0.05, 0.1) is 29.3 Å². The molecule has 0 radical (unpaired) electrons. The molecule has 3 rings (SSSR count). The van der Waals surface area contributed by atoms with Gasteiger partial charge in [-0.05, 0) is 38.8 Å². The molecule has 170 valence electrons. The molecule has 1 aliphatic heterocycles. The monoisotopic (exact) mass is 444 g/mol. The van der Waals surface area contributed by atoms with Crippen LogP contribution in [0.4, 0.5) is 5.69 Å². The number of ketones is 1. The first-order valence-electron chi connectivity index (χ1n) is 10.1. The van der Waals surface area contributed by atoms with Gasteiger partial charge >= 0.3 is 11.9 Å². The summed E-state index contributed by atoms with van der Waals surface area (Å²) in [7, 11) is 1.12. The molecule has 1 aromatic carbocycles. The zero-order chi connectivity index (χ0) is 23.4. The van der Waals surface area contributed by atoms with Crippen LogP contribution in [0.3, 0.4) is 0 Å². The third-order valence-electron chi connectivity index (χ3n) is 5.40. The summed E-state index contributed by atoms with van der Waals surface area (Å²) in [5.74, 6) is -2.19. The fourth-order valence-electron chi connectivity index (χ4n) is 3.72. The molecule has 1 aromatic heterocycles. The van der Waals surface area contributed by atoms with Crippen molar-refractivity contribution in [3.05, 3.63) is 62.5 Å². The molecular weight excluding hydrogens is 420 g/mol. The zero-order valence-electron chi connectivity index (χ0n) is 18.1. The Morgan fingerprint density at radius 2 is 1.84 bits per heavy atom. The maximum Gasteiger partial charge on any atom is 0.338 e. The van der Waals surface area contributed by atoms with E-state index in [0.717, 1.165) is 56.1 Å². The van der Waals surface area contributed by atoms with Crippen molar-refractivity contribution >= 4 is 23.4 Å². The number of Topliss-reactive ketones (excluding diaryl/α,β-unsaturated/α-hetero) is 1. The van der Waals surface area contributed by atoms with Crippen LogP contribution in [0, 0.1) is 24.0 Å². The number of ether oxygens (including phenoxy) is 3. The number of nitro groups is 1. The number of carbonyl (C=O) groups is 3. The Hall–Kier alpha value is -3.53. The van der Waals surface area contributed by atoms with Crippen LogP contribution in [-0.2, 0) is 20.8 Å². The number of aromatic nitrogens is 1. The first-order chi connectivity index (χ1) is 15.2. The van der Waals surface area contributed by atoms with Gasteiger partial charge in [0.25, 0.3) is 5.69 Å². The first kappa shape index (κ1) is 23.1. The molecule has 2 aromatic rings. The molecule has 10 heteroatoms. The van der Waals surface area contributed by atoms with Gasteiger partial charge in [-0.2, -0.15) is 0 Å². The molecule has 1 fully saturated rings. The highest BCUT2D eigenvalue weighted by Crippen LogP contribution is 2.22. The second kappa shape index (κ2) is 9.73. The number of methoxy groups -OCH3 is 1. The standard InChI is InChI=1S/C22H24N2O8/c1-13-7-19(14(2)23(13)11-18-5-4-6-31-18)20(25)12-32-22(27)16-8-15(21(26)30-3)9-17(10-16)24(28)29/h7-10,18H,4-6,11-12H2,1-3H3. The van der Waals surface area contributed by atoms with Gasteiger partial charge in [0.1, 0.15) is 0 Å². The third-order valence-corrected chi connectivity index (χ3v) is 5.40. The maximum atomic E-state index is 12.7. The lowest BCUT2D eigenvalue weighted by Crippen LogP contribution is -2.18. The van der Waals surface area contributed by atoms with Crippen molar-refractivity contribution in [1.29, 1.82) is 0 Å². The molecule has 1 aliphatic rings. The van der Waals surface area contributed by atoms with Crippen LogP contribution in [0.25, 0.3) is 0 Å². The summed E-state index contributed by atoms with van der Waals surface area (Å²) in [5.41, 5.74) is 1.22. The van der Waals surface area contributed by atoms with Gasteiger partial charge in [-0.1, -0.05) is 0 Å². The molecular formula is C22H24N2O8. The number of aryl methyl sites for hydroxylation is 1. The molecule has 1 atom stereocenters. The number of carbonyl (C=O) groups excluding carboxylic acids is 3. The van der Waals surface area contributed by atoms with E-state index in [1.165, 1.54) is 0 Å². The van der Waals surface area contributed by atoms with Crippen LogP contribution >= 0.6 is 0 Å². The van der Waals surface area contributed by atoms with Crippen LogP contribution in [0.5, 0.6) is 0 Å². The quantitative estimate of drug-likeness (QED) is 0.263. The van der Waals surface area contributed by atoms with Gasteiger partial charge in [-0.15, -0.1) is 0 Å². The number of benzene rings is 1. The van der Waals surface area contributed by atoms with Crippen molar-refractivity contribution in [2.24, 2.45) is 0 Å². The largest absolute Gasteiger partial charge is 0.465 e. The molecule has 32 heavy (non-hydrogen) atoms. The molecule has 0 amide bonds. The molecule has 0 N–H and O–H groups in total. The summed E-state index contributed by atoms with van der Waals surface area (Å²) in [4.78, 5) is 47.3. The number of hydrogen-bond acceptors (Lipinski definition) is 8. The smallest absolute Gasteiger partial charge is 0.338 e. The van der Waals surface area contributed by atoms with Crippen molar-refractivity contribution in [3.63, 3.8) is 0 Å². The normalized spacial score (nSPS) is 15.4. The van der Waals surface area contributed by atoms with Gasteiger partial charge in [0.2, 0.25) is 5.78 Å². The van der Waals surface area contributed by atoms with E-state index in [1.807, 2.05) is 18.4 Å². The molecule has 0 saturated carbocycles. The Morgan fingerprint density at radius 3 is 2.44 bits per heavy atom. The van der Waals surface area contributed by atoms with Crippen molar-refractivity contribution < 1.29 is 33.5 Å². The summed E-state index contributed by atoms with van der Waals surface area (Å²) in [5, 5.41) is 11.1. The van der Waals surface area contributed by atoms with E-state index in [9.17, 15) is 24.5 Å². The summed E-state index contributed by atoms with van der Waals surface area (Å²) < 4.78 is 17.3. The number of non-ortho nitro benzene ring substituents is 1. The summed E-state index contributed by atoms with van der Waals surface area (Å²) in [6.07, 6.45) is 2.09. The molecule has 2 heterocycles. The topological polar surface area (TPSA) is 127 Å². The highest BCUT2D eigenvalue weighted by atomic mass is 16.6. The van der Waals surface area contributed by atoms with Crippen LogP contribution in [-0.4, -0.2) is 53.6 Å². The van der Waals surface area contributed by atoms with E-state index in [0.29, 0.717) is 12.1 Å². The van der Waals surface area contributed by atoms with Crippen LogP contribution in [0.1, 0.15) is 55.3 Å². The minimum atomic E-state index is -0.958. The molecule has 0 bridgehead atoms. The Labute approximate surface area is 184 Å². The van der Waals surface area contributed by atoms with Crippen molar-refractivity contribution in [2.45, 2.75) is 39.3 Å². The SMILES string of the molecule is COC(=O)c1cc(C(=O)OCC(=O)c2cc(C)n(CC3CCCO3)c2C)cc([N+](=O)[O-])c1. The lowest BCUT2D eigenvalue weighted by molar-refractivity contribution is -0.384. The fraction of sp³-hybridized carbons (Fsp3) is 0.409. The summed E-state index contributed by atoms with van der Waals surface area (Å²) >= 11 is 0. The maximum absolute atomic E-state index is 12.7. The molecule has 0 spiro atoms. The van der Waals surface area contributed by atoms with Gasteiger partial charge < -0.3 is 18.8 Å². The van der Waals surface area contributed by atoms with Crippen LogP contribution in [0.2, 0.25) is 0 Å². The average molecular weight is 444 g/mol. The molecule has 1 saturated heterocycles. The zero-order valence-corrected chi connectivity index (χ0v) is 18.1. The number of nitrogens with zero attached hydrogens (tertiary/aromatic N) is 2. The predicted molar refractivity (Wildman–Crippen MR) is 112 cm³/mol. The Balaban J connectivity index is 1.72. The van der Waals surface area contributed by atoms with E-state index >= 15 is 0 Å². The number of esters is 2. The summed E-state index contributed by atoms with van der Waals surface area (Å²) in [6, 6.07) is 4.84. The van der Waals surface area contributed by atoms with Crippen LogP contribution in [0.15, 0.2) is 24.3 Å². The van der Waals surface area contributed by atoms with E-state index < -0.39 is 34.9 Å². The Bertz CT molecular complexity index is 1070. The number of nitro benzene ring substituents is 1. The minimum absolute atomic E-state index is 0.110. The molecule has 0 aliphatic carbocycles. The van der Waals surface area contributed by atoms with E-state index in [2.05, 4.69) is 4.74 Å². The van der Waals surface area contributed by atoms with E-state index in [4.69, 9.17) is 9.47 Å². The predicted octanol–water partition coefficient (Wildman–Crippen LogP) is 3.02. The second-order valence-electron chi connectivity index (χ2n) is 7.55. The van der Waals surface area contributed by atoms with Gasteiger partial charge in [-0.25, -0.2) is 9.59 Å². The first-order valence-corrected chi connectivity index (χ1v) is 10.1. The fourth-order valence-corrected chi connectivity index (χ4v) is 3.72. The average Bonchev–Trinajstić information content (AvgIpc) is 3.40. The molecule has 1 unspecified atom stereocenters. The second-order valence-corrected chi connectivity index (χ2v) is 7.55. The number of rotatable bonds is 8. The highest BCUT2D eigenvalue weighted by molar-refractivity contribution is 6.01. The van der Waals surface area contributed by atoms with Gasteiger partial charge in [0, 0.05) is 42.2 Å². The van der Waals surface area contributed by atoms with Crippen molar-refractivity contribution in [3.8, 4) is 0 Å². The lowest BCUT2D eigenvalue weighted by atomic mass is 10.1. The highest BCUT2D eigenvalue weighted by Gasteiger charge is 2.23. The third kappa shape index (κ3) is 5.02. The van der Waals surface area contributed by atoms with Crippen molar-refractivity contribution in [2.75, 3.05) is 20.3 Å². The number of hydrogen-bond donors (Lipinski definition) is 0. The van der Waals surface area contributed by atoms with Gasteiger partial charge in [-0.3, -0.25) is 14.9 Å². The van der Waals surface area contributed by atoms with Crippen LogP contribution < -0.4 is 0 Å². The van der Waals surface area contributed by atoms with E-state index in [1.54, 1.807) is 6.07 Å². The molecule has 10 nitrogen and oxygen atoms in total. The van der Waals surface area contributed by atoms with Crippen molar-refractivity contribution in [1.82, 2.24) is 4.57 Å². The Kier molecular flexibility index (Phi) is 7.04. The minimum Gasteiger partial charge on any atom is -0.465 e. The Morgan fingerprint density at radius 1 is 1.16 bits per heavy atom. The lowest BCUT2D eigenvalue weighted by Gasteiger charge is -2.14. The van der Waals surface area contributed by atoms with Gasteiger partial charge in [0.15, 0.2) is 6.61 Å². The van der Waals surface area contributed by atoms with E-state index in [-0.39, 0.29) is 17.2 Å². The summed E-state index contributed by atoms with van der Waals surface area (Å²) in [6.45, 7) is 4.55.